The lowest BCUT2D eigenvalue weighted by Gasteiger charge is -2.04. The van der Waals surface area contributed by atoms with Gasteiger partial charge in [-0.25, -0.2) is 13.1 Å². The first-order valence-electron chi connectivity index (χ1n) is 5.98. The van der Waals surface area contributed by atoms with Crippen molar-refractivity contribution in [3.63, 3.8) is 0 Å². The Morgan fingerprint density at radius 3 is 2.71 bits per heavy atom. The lowest BCUT2D eigenvalue weighted by molar-refractivity contribution is 0.0918. The molecule has 1 aromatic carbocycles. The molecule has 0 atom stereocenters. The van der Waals surface area contributed by atoms with E-state index in [2.05, 4.69) is 10.0 Å². The Kier molecular flexibility index (Phi) is 4.66. The van der Waals surface area contributed by atoms with Crippen molar-refractivity contribution in [2.24, 2.45) is 0 Å². The van der Waals surface area contributed by atoms with Gasteiger partial charge in [-0.05, 0) is 36.9 Å². The van der Waals surface area contributed by atoms with Crippen LogP contribution in [-0.4, -0.2) is 21.4 Å². The maximum atomic E-state index is 11.9. The van der Waals surface area contributed by atoms with E-state index in [1.165, 1.54) is 19.2 Å². The van der Waals surface area contributed by atoms with Gasteiger partial charge in [0, 0.05) is 11.6 Å². The van der Waals surface area contributed by atoms with Crippen molar-refractivity contribution in [1.29, 1.82) is 0 Å². The van der Waals surface area contributed by atoms with Crippen LogP contribution in [0.2, 0.25) is 5.02 Å². The third-order valence-electron chi connectivity index (χ3n) is 2.68. The van der Waals surface area contributed by atoms with Gasteiger partial charge in [-0.15, -0.1) is 0 Å². The molecule has 0 saturated carbocycles. The van der Waals surface area contributed by atoms with Crippen LogP contribution in [0, 0.1) is 0 Å². The lowest BCUT2D eigenvalue weighted by Crippen LogP contribution is -2.22. The number of sulfonamides is 1. The molecule has 1 amide bonds. The summed E-state index contributed by atoms with van der Waals surface area (Å²) in [5, 5.41) is 2.88. The fourth-order valence-electron chi connectivity index (χ4n) is 1.60. The second-order valence-electron chi connectivity index (χ2n) is 4.14. The third kappa shape index (κ3) is 3.84. The highest BCUT2D eigenvalue weighted by Crippen LogP contribution is 2.14. The SMILES string of the molecule is CNS(=O)(=O)c1ccc(C(=O)NCc2cccc(Cl)c2)o1. The number of nitrogens with one attached hydrogen (secondary N) is 2. The van der Waals surface area contributed by atoms with Gasteiger partial charge in [-0.2, -0.15) is 0 Å². The normalized spacial score (nSPS) is 11.3. The van der Waals surface area contributed by atoms with Gasteiger partial charge in [-0.1, -0.05) is 23.7 Å². The minimum atomic E-state index is -3.70. The maximum absolute atomic E-state index is 11.9. The summed E-state index contributed by atoms with van der Waals surface area (Å²) in [6.45, 7) is 0.258. The summed E-state index contributed by atoms with van der Waals surface area (Å²) in [6, 6.07) is 9.56. The van der Waals surface area contributed by atoms with Gasteiger partial charge >= 0.3 is 0 Å². The molecule has 1 heterocycles. The zero-order valence-corrected chi connectivity index (χ0v) is 12.7. The minimum Gasteiger partial charge on any atom is -0.438 e. The first-order valence-corrected chi connectivity index (χ1v) is 7.84. The molecule has 8 heteroatoms. The van der Waals surface area contributed by atoms with Crippen molar-refractivity contribution >= 4 is 27.5 Å². The number of hydrogen-bond acceptors (Lipinski definition) is 4. The Bertz CT molecular complexity index is 755. The molecule has 6 nitrogen and oxygen atoms in total. The van der Waals surface area contributed by atoms with Crippen LogP contribution in [0.1, 0.15) is 16.1 Å². The van der Waals surface area contributed by atoms with Gasteiger partial charge < -0.3 is 9.73 Å². The summed E-state index contributed by atoms with van der Waals surface area (Å²) in [5.74, 6) is -0.585. The van der Waals surface area contributed by atoms with Crippen LogP contribution in [0.25, 0.3) is 0 Å². The summed E-state index contributed by atoms with van der Waals surface area (Å²) in [5.41, 5.74) is 0.825. The Hall–Kier alpha value is -1.83. The summed E-state index contributed by atoms with van der Waals surface area (Å²) in [4.78, 5) is 11.9. The van der Waals surface area contributed by atoms with Gasteiger partial charge in [0.25, 0.3) is 15.9 Å². The van der Waals surface area contributed by atoms with Crippen LogP contribution in [0.15, 0.2) is 45.9 Å². The minimum absolute atomic E-state index is 0.0779. The Balaban J connectivity index is 2.04. The van der Waals surface area contributed by atoms with Gasteiger partial charge in [0.15, 0.2) is 5.76 Å². The van der Waals surface area contributed by atoms with Crippen molar-refractivity contribution in [3.8, 4) is 0 Å². The number of rotatable bonds is 5. The molecule has 0 aliphatic rings. The average molecular weight is 329 g/mol. The van der Waals surface area contributed by atoms with Gasteiger partial charge in [0.1, 0.15) is 0 Å². The molecule has 0 aliphatic carbocycles. The van der Waals surface area contributed by atoms with Crippen LogP contribution in [-0.2, 0) is 16.6 Å². The molecule has 0 unspecified atom stereocenters. The van der Waals surface area contributed by atoms with E-state index in [4.69, 9.17) is 16.0 Å². The van der Waals surface area contributed by atoms with Crippen LogP contribution in [0.3, 0.4) is 0 Å². The summed E-state index contributed by atoms with van der Waals surface area (Å²) < 4.78 is 30.1. The predicted octanol–water partition coefficient (Wildman–Crippen LogP) is 1.77. The van der Waals surface area contributed by atoms with E-state index in [1.54, 1.807) is 18.2 Å². The molecular formula is C13H13ClN2O4S. The van der Waals surface area contributed by atoms with E-state index in [0.29, 0.717) is 5.02 Å². The molecule has 0 radical (unpaired) electrons. The Morgan fingerprint density at radius 2 is 2.05 bits per heavy atom. The van der Waals surface area contributed by atoms with Crippen LogP contribution < -0.4 is 10.0 Å². The largest absolute Gasteiger partial charge is 0.438 e. The van der Waals surface area contributed by atoms with E-state index in [1.807, 2.05) is 6.07 Å². The van der Waals surface area contributed by atoms with Crippen molar-refractivity contribution in [1.82, 2.24) is 10.0 Å². The maximum Gasteiger partial charge on any atom is 0.287 e. The second-order valence-corrected chi connectivity index (χ2v) is 6.39. The number of furan rings is 1. The molecule has 112 valence electrons. The zero-order chi connectivity index (χ0) is 15.5. The van der Waals surface area contributed by atoms with Crippen LogP contribution >= 0.6 is 11.6 Å². The van der Waals surface area contributed by atoms with Crippen LogP contribution in [0.4, 0.5) is 0 Å². The summed E-state index contributed by atoms with van der Waals surface area (Å²) in [6.07, 6.45) is 0. The smallest absolute Gasteiger partial charge is 0.287 e. The van der Waals surface area contributed by atoms with E-state index in [0.717, 1.165) is 5.56 Å². The van der Waals surface area contributed by atoms with E-state index < -0.39 is 15.9 Å². The van der Waals surface area contributed by atoms with Gasteiger partial charge in [-0.3, -0.25) is 4.79 Å². The fourth-order valence-corrected chi connectivity index (χ4v) is 2.46. The van der Waals surface area contributed by atoms with E-state index in [9.17, 15) is 13.2 Å². The number of hydrogen-bond donors (Lipinski definition) is 2. The summed E-state index contributed by atoms with van der Waals surface area (Å²) >= 11 is 5.84. The monoisotopic (exact) mass is 328 g/mol. The molecular weight excluding hydrogens is 316 g/mol. The standard InChI is InChI=1S/C13H13ClN2O4S/c1-15-21(18,19)12-6-5-11(20-12)13(17)16-8-9-3-2-4-10(14)7-9/h2-7,15H,8H2,1H3,(H,16,17). The van der Waals surface area contributed by atoms with Crippen molar-refractivity contribution in [2.45, 2.75) is 11.6 Å². The molecule has 0 fully saturated rings. The topological polar surface area (TPSA) is 88.4 Å². The molecule has 1 aromatic heterocycles. The lowest BCUT2D eigenvalue weighted by atomic mass is 10.2. The highest BCUT2D eigenvalue weighted by Gasteiger charge is 2.19. The van der Waals surface area contributed by atoms with Crippen LogP contribution in [0.5, 0.6) is 0 Å². The Labute approximate surface area is 127 Å². The fraction of sp³-hybridized carbons (Fsp3) is 0.154. The quantitative estimate of drug-likeness (QED) is 0.875. The van der Waals surface area contributed by atoms with E-state index >= 15 is 0 Å². The van der Waals surface area contributed by atoms with Crippen molar-refractivity contribution in [3.05, 3.63) is 52.7 Å². The Morgan fingerprint density at radius 1 is 1.29 bits per heavy atom. The molecule has 2 aromatic rings. The average Bonchev–Trinajstić information content (AvgIpc) is 2.95. The summed E-state index contributed by atoms with van der Waals surface area (Å²) in [7, 11) is -2.44. The molecule has 0 saturated heterocycles. The van der Waals surface area contributed by atoms with E-state index in [-0.39, 0.29) is 17.4 Å². The molecule has 2 rings (SSSR count). The number of halogens is 1. The zero-order valence-electron chi connectivity index (χ0n) is 11.1. The third-order valence-corrected chi connectivity index (χ3v) is 4.20. The first-order chi connectivity index (χ1) is 9.92. The highest BCUT2D eigenvalue weighted by atomic mass is 35.5. The van der Waals surface area contributed by atoms with Crippen molar-refractivity contribution < 1.29 is 17.6 Å². The second kappa shape index (κ2) is 6.30. The number of benzene rings is 1. The number of carbonyl (C=O) groups excluding carboxylic acids is 1. The van der Waals surface area contributed by atoms with Crippen molar-refractivity contribution in [2.75, 3.05) is 7.05 Å². The number of amides is 1. The molecule has 0 spiro atoms. The number of carbonyl (C=O) groups is 1. The van der Waals surface area contributed by atoms with Gasteiger partial charge in [0.2, 0.25) is 5.09 Å². The van der Waals surface area contributed by atoms with Gasteiger partial charge in [0.05, 0.1) is 0 Å². The molecule has 21 heavy (non-hydrogen) atoms. The predicted molar refractivity (Wildman–Crippen MR) is 77.6 cm³/mol. The first kappa shape index (κ1) is 15.6. The molecule has 0 bridgehead atoms. The molecule has 2 N–H and O–H groups in total. The highest BCUT2D eigenvalue weighted by molar-refractivity contribution is 7.89. The molecule has 0 aliphatic heterocycles.